The molecule has 2 heterocycles. The Morgan fingerprint density at radius 3 is 2.25 bits per heavy atom. The molecule has 4 fully saturated rings. The monoisotopic (exact) mass is 820 g/mol. The highest BCUT2D eigenvalue weighted by Gasteiger charge is 2.70. The van der Waals surface area contributed by atoms with Gasteiger partial charge in [0, 0.05) is 29.9 Å². The Hall–Kier alpha value is -4.24. The maximum atomic E-state index is 14.2. The molecule has 9 nitrogen and oxygen atoms in total. The van der Waals surface area contributed by atoms with E-state index >= 15 is 0 Å². The van der Waals surface area contributed by atoms with Crippen LogP contribution >= 0.6 is 0 Å². The van der Waals surface area contributed by atoms with Gasteiger partial charge in [0.25, 0.3) is 0 Å². The van der Waals surface area contributed by atoms with Crippen molar-refractivity contribution in [3.05, 3.63) is 87.8 Å². The number of ether oxygens (including phenoxy) is 2. The van der Waals surface area contributed by atoms with Crippen molar-refractivity contribution in [3.63, 3.8) is 0 Å². The van der Waals surface area contributed by atoms with Gasteiger partial charge in [0.05, 0.1) is 17.1 Å². The number of carbonyl (C=O) groups is 3. The summed E-state index contributed by atoms with van der Waals surface area (Å²) in [5, 5.41) is 21.7. The first kappa shape index (κ1) is 42.5. The molecule has 0 bridgehead atoms. The summed E-state index contributed by atoms with van der Waals surface area (Å²) in [6.45, 7) is 19.5. The molecule has 0 amide bonds. The van der Waals surface area contributed by atoms with Crippen molar-refractivity contribution >= 4 is 28.7 Å². The normalized spacial score (nSPS) is 37.7. The van der Waals surface area contributed by atoms with Crippen LogP contribution in [0.1, 0.15) is 136 Å². The summed E-state index contributed by atoms with van der Waals surface area (Å²) in [5.41, 5.74) is 0.908. The van der Waals surface area contributed by atoms with Gasteiger partial charge in [0.1, 0.15) is 23.0 Å². The number of carboxylic acid groups (broad SMARTS) is 1. The van der Waals surface area contributed by atoms with Crippen molar-refractivity contribution in [3.8, 4) is 5.75 Å². The lowest BCUT2D eigenvalue weighted by Crippen LogP contribution is -2.66. The molecule has 322 valence electrons. The highest BCUT2D eigenvalue weighted by atomic mass is 16.6. The van der Waals surface area contributed by atoms with Crippen molar-refractivity contribution < 1.29 is 38.5 Å². The van der Waals surface area contributed by atoms with Gasteiger partial charge < -0.3 is 24.1 Å². The van der Waals surface area contributed by atoms with Crippen LogP contribution in [0.5, 0.6) is 5.75 Å². The van der Waals surface area contributed by atoms with E-state index in [1.165, 1.54) is 11.6 Å². The Balaban J connectivity index is 0.000000172. The highest BCUT2D eigenvalue weighted by Crippen LogP contribution is 2.75. The lowest BCUT2D eigenvalue weighted by molar-refractivity contribution is -0.202. The van der Waals surface area contributed by atoms with Gasteiger partial charge in [0.2, 0.25) is 0 Å². The van der Waals surface area contributed by atoms with E-state index in [0.29, 0.717) is 35.7 Å². The third-order valence-electron chi connectivity index (χ3n) is 17.7. The zero-order chi connectivity index (χ0) is 43.4. The van der Waals surface area contributed by atoms with Gasteiger partial charge in [-0.2, -0.15) is 0 Å². The minimum atomic E-state index is -0.820. The number of fused-ring (bicyclic) bond motifs is 9. The lowest BCUT2D eigenvalue weighted by atomic mass is 9.33. The fourth-order valence-electron chi connectivity index (χ4n) is 13.5. The fraction of sp³-hybridized carbons (Fsp3) is 0.608. The second-order valence-electron chi connectivity index (χ2n) is 21.9. The van der Waals surface area contributed by atoms with Gasteiger partial charge in [-0.3, -0.25) is 9.59 Å². The molecule has 60 heavy (non-hydrogen) atoms. The number of hydrogen-bond donors (Lipinski definition) is 2. The zero-order valence-electron chi connectivity index (χ0n) is 37.0. The molecule has 3 aromatic rings. The first-order valence-corrected chi connectivity index (χ1v) is 22.2. The molecule has 6 aliphatic rings. The van der Waals surface area contributed by atoms with E-state index in [9.17, 15) is 29.4 Å². The van der Waals surface area contributed by atoms with Crippen LogP contribution in [-0.4, -0.2) is 45.7 Å². The van der Waals surface area contributed by atoms with Gasteiger partial charge in [-0.1, -0.05) is 65.3 Å². The number of rotatable bonds is 4. The number of aliphatic hydroxyl groups is 1. The maximum absolute atomic E-state index is 14.2. The van der Waals surface area contributed by atoms with E-state index in [1.54, 1.807) is 36.4 Å². The van der Waals surface area contributed by atoms with Crippen molar-refractivity contribution in [2.75, 3.05) is 0 Å². The number of ketones is 1. The van der Waals surface area contributed by atoms with Crippen LogP contribution < -0.4 is 10.4 Å². The van der Waals surface area contributed by atoms with Crippen LogP contribution in [0.2, 0.25) is 0 Å². The first-order chi connectivity index (χ1) is 28.0. The predicted molar refractivity (Wildman–Crippen MR) is 230 cm³/mol. The summed E-state index contributed by atoms with van der Waals surface area (Å²) in [5.74, 6) is 0.331. The van der Waals surface area contributed by atoms with E-state index < -0.39 is 22.6 Å². The van der Waals surface area contributed by atoms with Gasteiger partial charge in [-0.05, 0) is 153 Å². The summed E-state index contributed by atoms with van der Waals surface area (Å²) in [6.07, 6.45) is 10.2. The quantitative estimate of drug-likeness (QED) is 0.194. The van der Waals surface area contributed by atoms with Crippen molar-refractivity contribution in [2.45, 2.75) is 144 Å². The molecule has 2 aromatic carbocycles. The van der Waals surface area contributed by atoms with Crippen molar-refractivity contribution in [1.82, 2.24) is 0 Å². The van der Waals surface area contributed by atoms with E-state index in [-0.39, 0.29) is 62.9 Å². The molecule has 2 N–H and O–H groups in total. The molecule has 4 saturated carbocycles. The van der Waals surface area contributed by atoms with Crippen LogP contribution in [0.25, 0.3) is 11.0 Å². The number of aliphatic hydroxyl groups excluding tert-OH is 1. The summed E-state index contributed by atoms with van der Waals surface area (Å²) in [4.78, 5) is 50.2. The number of allylic oxidation sites excluding steroid dienone is 2. The predicted octanol–water partition coefficient (Wildman–Crippen LogP) is 10.1. The van der Waals surface area contributed by atoms with Crippen LogP contribution in [-0.2, 0) is 20.7 Å². The topological polar surface area (TPSA) is 140 Å². The molecule has 0 saturated heterocycles. The third kappa shape index (κ3) is 6.50. The maximum Gasteiger partial charge on any atom is 0.338 e. The molecule has 0 spiro atoms. The molecule has 5 aliphatic carbocycles. The minimum absolute atomic E-state index is 0.0296. The number of carboxylic acids is 1. The molecule has 0 radical (unpaired) electrons. The smallest absolute Gasteiger partial charge is 0.338 e. The zero-order valence-corrected chi connectivity index (χ0v) is 37.0. The molecular formula is C51H64O9. The third-order valence-corrected chi connectivity index (χ3v) is 17.7. The first-order valence-electron chi connectivity index (χ1n) is 22.2. The van der Waals surface area contributed by atoms with E-state index in [1.807, 2.05) is 39.0 Å². The molecule has 9 heteroatoms. The van der Waals surface area contributed by atoms with Gasteiger partial charge in [-0.25, -0.2) is 9.59 Å². The van der Waals surface area contributed by atoms with Gasteiger partial charge in [0.15, 0.2) is 5.78 Å². The van der Waals surface area contributed by atoms with E-state index in [2.05, 4.69) is 41.5 Å². The Labute approximate surface area is 354 Å². The molecule has 1 aliphatic heterocycles. The Bertz CT molecular complexity index is 2320. The highest BCUT2D eigenvalue weighted by molar-refractivity contribution is 5.96. The lowest BCUT2D eigenvalue weighted by Gasteiger charge is -2.70. The Morgan fingerprint density at radius 1 is 0.850 bits per heavy atom. The van der Waals surface area contributed by atoms with Gasteiger partial charge in [-0.15, -0.1) is 0 Å². The van der Waals surface area contributed by atoms with E-state index in [4.69, 9.17) is 13.9 Å². The number of hydrogen-bond acceptors (Lipinski definition) is 8. The van der Waals surface area contributed by atoms with Crippen molar-refractivity contribution in [2.24, 2.45) is 50.2 Å². The summed E-state index contributed by atoms with van der Waals surface area (Å²) in [6, 6.07) is 15.7. The molecule has 10 unspecified atom stereocenters. The van der Waals surface area contributed by atoms with Crippen LogP contribution in [0, 0.1) is 50.2 Å². The van der Waals surface area contributed by atoms with Crippen LogP contribution in [0.4, 0.5) is 0 Å². The standard InChI is InChI=1S/C30H46O4.C21H18O5/c1-25(2)21-8-11-30(7)23(28(21,5)10-9-22(25)32)20(31)16-18-19-17-27(4,24(33)34)13-12-26(19,3)14-15-29(18,30)6;1-21(2,26-20(23)13-6-4-3-5-7-13)18-11-15-10-14-8-9-19(22)25-16(14)12-17(15)24-18/h16,19,21-23,32H,8-15,17H2,1-7H3,(H,33,34);3-10,12,18H,11H2,1-2H3. The molecule has 10 atom stereocenters. The SMILES string of the molecule is CC(C)(OC(=O)c1ccccc1)C1Cc2cc3ccc(=O)oc3cc2O1.CC1(C(=O)O)CCC2(C)CCC3(C)C(=CC(=O)C4C5(C)CCC(O)C(C)(C)C5CCC43C)C2C1. The number of esters is 1. The summed E-state index contributed by atoms with van der Waals surface area (Å²) >= 11 is 0. The molecular weight excluding hydrogens is 757 g/mol. The summed E-state index contributed by atoms with van der Waals surface area (Å²) < 4.78 is 16.9. The van der Waals surface area contributed by atoms with E-state index in [0.717, 1.165) is 62.3 Å². The Kier molecular flexibility index (Phi) is 10.0. The number of carbonyl (C=O) groups excluding carboxylic acids is 2. The average molecular weight is 821 g/mol. The molecule has 1 aromatic heterocycles. The minimum Gasteiger partial charge on any atom is -0.485 e. The molecule has 9 rings (SSSR count). The van der Waals surface area contributed by atoms with Crippen LogP contribution in [0.3, 0.4) is 0 Å². The number of aliphatic carboxylic acids is 1. The van der Waals surface area contributed by atoms with Crippen molar-refractivity contribution in [1.29, 1.82) is 0 Å². The summed E-state index contributed by atoms with van der Waals surface area (Å²) in [7, 11) is 0. The average Bonchev–Trinajstić information content (AvgIpc) is 3.61. The largest absolute Gasteiger partial charge is 0.485 e. The van der Waals surface area contributed by atoms with Crippen LogP contribution in [0.15, 0.2) is 75.5 Å². The second kappa shape index (κ2) is 14.1. The second-order valence-corrected chi connectivity index (χ2v) is 21.9. The number of benzene rings is 2. The Morgan fingerprint density at radius 2 is 1.55 bits per heavy atom. The van der Waals surface area contributed by atoms with Gasteiger partial charge >= 0.3 is 17.6 Å². The fourth-order valence-corrected chi connectivity index (χ4v) is 13.5.